The summed E-state index contributed by atoms with van der Waals surface area (Å²) >= 11 is 0. The number of hydrogen-bond acceptors (Lipinski definition) is 9. The van der Waals surface area contributed by atoms with Gasteiger partial charge in [-0.2, -0.15) is 0 Å². The SMILES string of the molecule is CC(=O)O[C@@]12CO[C@@H]1C[C@H](O)[C@@]1(C)C(=O)[C@H](O)C3=C(C)[C@@H](O)C[C@@H]([C@@H](OC(=O)c4ccccc4)[C@H]21)C3(C)C. The molecule has 4 aliphatic rings. The van der Waals surface area contributed by atoms with Crippen LogP contribution in [0.4, 0.5) is 0 Å². The predicted molar refractivity (Wildman–Crippen MR) is 134 cm³/mol. The molecule has 9 heteroatoms. The van der Waals surface area contributed by atoms with E-state index < -0.39 is 76.5 Å². The van der Waals surface area contributed by atoms with Gasteiger partial charge in [0.2, 0.25) is 0 Å². The first-order valence-electron chi connectivity index (χ1n) is 13.1. The minimum absolute atomic E-state index is 0.00675. The molecule has 2 bridgehead atoms. The zero-order valence-corrected chi connectivity index (χ0v) is 22.3. The molecule has 1 saturated heterocycles. The molecule has 38 heavy (non-hydrogen) atoms. The summed E-state index contributed by atoms with van der Waals surface area (Å²) in [6, 6.07) is 8.41. The summed E-state index contributed by atoms with van der Waals surface area (Å²) in [5.41, 5.74) is -2.76. The van der Waals surface area contributed by atoms with Crippen LogP contribution in [0.25, 0.3) is 0 Å². The van der Waals surface area contributed by atoms with Crippen LogP contribution >= 0.6 is 0 Å². The van der Waals surface area contributed by atoms with Crippen molar-refractivity contribution >= 4 is 17.7 Å². The highest BCUT2D eigenvalue weighted by molar-refractivity contribution is 5.93. The Labute approximate surface area is 221 Å². The predicted octanol–water partition coefficient (Wildman–Crippen LogP) is 1.97. The lowest BCUT2D eigenvalue weighted by Gasteiger charge is -2.65. The smallest absolute Gasteiger partial charge is 0.338 e. The van der Waals surface area contributed by atoms with Gasteiger partial charge in [-0.15, -0.1) is 0 Å². The van der Waals surface area contributed by atoms with E-state index in [0.29, 0.717) is 16.7 Å². The molecule has 0 amide bonds. The second-order valence-electron chi connectivity index (χ2n) is 12.0. The Hall–Kier alpha value is -2.59. The summed E-state index contributed by atoms with van der Waals surface area (Å²) in [6.45, 7) is 8.17. The van der Waals surface area contributed by atoms with Gasteiger partial charge in [-0.1, -0.05) is 32.0 Å². The monoisotopic (exact) mass is 528 g/mol. The minimum Gasteiger partial charge on any atom is -0.458 e. The third kappa shape index (κ3) is 3.62. The second-order valence-corrected chi connectivity index (χ2v) is 12.0. The van der Waals surface area contributed by atoms with Crippen LogP contribution in [-0.4, -0.2) is 75.8 Å². The standard InChI is InChI=1S/C29H36O9/c1-14-18(31)11-17-23(37-26(35)16-9-7-6-8-10-16)24-28(5,25(34)22(33)21(14)27(17,3)4)19(32)12-20-29(24,13-36-20)38-15(2)30/h6-10,17-20,22-24,31-33H,11-13H2,1-5H3/t17-,18-,19-,20+,22+,23+,24-,28+,29-/m0/s1. The van der Waals surface area contributed by atoms with E-state index in [1.807, 2.05) is 13.8 Å². The fourth-order valence-electron chi connectivity index (χ4n) is 7.73. The molecule has 2 saturated carbocycles. The maximum Gasteiger partial charge on any atom is 0.338 e. The lowest BCUT2D eigenvalue weighted by Crippen LogP contribution is -2.79. The highest BCUT2D eigenvalue weighted by atomic mass is 16.6. The van der Waals surface area contributed by atoms with Gasteiger partial charge in [-0.05, 0) is 49.0 Å². The highest BCUT2D eigenvalue weighted by Gasteiger charge is 2.75. The lowest BCUT2D eigenvalue weighted by atomic mass is 9.46. The topological polar surface area (TPSA) is 140 Å². The Bertz CT molecular complexity index is 1190. The van der Waals surface area contributed by atoms with Crippen LogP contribution in [0.5, 0.6) is 0 Å². The largest absolute Gasteiger partial charge is 0.458 e. The number of fused-ring (bicyclic) bond motifs is 5. The third-order valence-corrected chi connectivity index (χ3v) is 9.74. The number of aliphatic hydroxyl groups is 3. The Morgan fingerprint density at radius 3 is 2.29 bits per heavy atom. The van der Waals surface area contributed by atoms with Crippen molar-refractivity contribution in [3.63, 3.8) is 0 Å². The fraction of sp³-hybridized carbons (Fsp3) is 0.621. The number of aliphatic hydroxyl groups excluding tert-OH is 3. The van der Waals surface area contributed by atoms with Gasteiger partial charge in [0.05, 0.1) is 35.7 Å². The number of hydrogen-bond donors (Lipinski definition) is 3. The van der Waals surface area contributed by atoms with Crippen molar-refractivity contribution in [3.05, 3.63) is 47.0 Å². The van der Waals surface area contributed by atoms with Gasteiger partial charge in [0.25, 0.3) is 0 Å². The number of ketones is 1. The molecule has 206 valence electrons. The molecule has 3 aliphatic carbocycles. The first kappa shape index (κ1) is 27.0. The summed E-state index contributed by atoms with van der Waals surface area (Å²) in [5.74, 6) is -3.54. The van der Waals surface area contributed by atoms with Crippen LogP contribution < -0.4 is 0 Å². The van der Waals surface area contributed by atoms with E-state index in [2.05, 4.69) is 0 Å². The molecule has 1 aromatic rings. The van der Waals surface area contributed by atoms with Crippen LogP contribution in [0.2, 0.25) is 0 Å². The number of ether oxygens (including phenoxy) is 3. The molecule has 0 unspecified atom stereocenters. The zero-order valence-electron chi connectivity index (χ0n) is 22.3. The third-order valence-electron chi connectivity index (χ3n) is 9.74. The molecule has 0 radical (unpaired) electrons. The molecule has 0 spiro atoms. The number of carbonyl (C=O) groups excluding carboxylic acids is 3. The highest BCUT2D eigenvalue weighted by Crippen LogP contribution is 2.62. The Balaban J connectivity index is 1.77. The molecule has 3 fully saturated rings. The molecule has 1 aliphatic heterocycles. The van der Waals surface area contributed by atoms with E-state index in [0.717, 1.165) is 0 Å². The van der Waals surface area contributed by atoms with Crippen LogP contribution in [0.1, 0.15) is 57.8 Å². The van der Waals surface area contributed by atoms with E-state index in [1.165, 1.54) is 6.92 Å². The first-order chi connectivity index (χ1) is 17.8. The molecule has 3 N–H and O–H groups in total. The second kappa shape index (κ2) is 8.98. The van der Waals surface area contributed by atoms with Gasteiger partial charge in [-0.25, -0.2) is 4.79 Å². The van der Waals surface area contributed by atoms with Crippen LogP contribution in [0.3, 0.4) is 0 Å². The number of Topliss-reactive ketones (excluding diaryl/α,β-unsaturated/α-hetero) is 1. The van der Waals surface area contributed by atoms with Gasteiger partial charge in [0.15, 0.2) is 11.4 Å². The van der Waals surface area contributed by atoms with Crippen molar-refractivity contribution < 1.29 is 43.9 Å². The maximum absolute atomic E-state index is 14.3. The quantitative estimate of drug-likeness (QED) is 0.397. The Kier molecular flexibility index (Phi) is 6.38. The number of rotatable bonds is 3. The van der Waals surface area contributed by atoms with Gasteiger partial charge in [0, 0.05) is 19.3 Å². The average Bonchev–Trinajstić information content (AvgIpc) is 2.85. The molecule has 0 aromatic heterocycles. The summed E-state index contributed by atoms with van der Waals surface area (Å²) < 4.78 is 18.0. The van der Waals surface area contributed by atoms with Crippen molar-refractivity contribution in [3.8, 4) is 0 Å². The van der Waals surface area contributed by atoms with E-state index in [-0.39, 0.29) is 19.4 Å². The van der Waals surface area contributed by atoms with Gasteiger partial charge in [-0.3, -0.25) is 9.59 Å². The molecule has 5 rings (SSSR count). The summed E-state index contributed by atoms with van der Waals surface area (Å²) in [4.78, 5) is 40.2. The molecule has 9 nitrogen and oxygen atoms in total. The van der Waals surface area contributed by atoms with Crippen LogP contribution in [-0.2, 0) is 23.8 Å². The van der Waals surface area contributed by atoms with E-state index in [1.54, 1.807) is 44.2 Å². The zero-order chi connectivity index (χ0) is 27.8. The minimum atomic E-state index is -1.65. The molecule has 1 aromatic carbocycles. The molecule has 9 atom stereocenters. The molecular weight excluding hydrogens is 492 g/mol. The maximum atomic E-state index is 14.3. The van der Waals surface area contributed by atoms with Crippen molar-refractivity contribution in [1.29, 1.82) is 0 Å². The summed E-state index contributed by atoms with van der Waals surface area (Å²) in [7, 11) is 0. The van der Waals surface area contributed by atoms with E-state index in [9.17, 15) is 29.7 Å². The lowest BCUT2D eigenvalue weighted by molar-refractivity contribution is -0.335. The fourth-order valence-corrected chi connectivity index (χ4v) is 7.73. The van der Waals surface area contributed by atoms with Gasteiger partial charge in [0.1, 0.15) is 18.3 Å². The Morgan fingerprint density at radius 1 is 1.05 bits per heavy atom. The first-order valence-corrected chi connectivity index (χ1v) is 13.1. The van der Waals surface area contributed by atoms with E-state index >= 15 is 0 Å². The molecule has 1 heterocycles. The van der Waals surface area contributed by atoms with Crippen molar-refractivity contribution in [2.24, 2.45) is 22.7 Å². The van der Waals surface area contributed by atoms with Crippen molar-refractivity contribution in [1.82, 2.24) is 0 Å². The van der Waals surface area contributed by atoms with E-state index in [4.69, 9.17) is 14.2 Å². The average molecular weight is 529 g/mol. The van der Waals surface area contributed by atoms with Crippen molar-refractivity contribution in [2.75, 3.05) is 6.61 Å². The Morgan fingerprint density at radius 2 is 1.71 bits per heavy atom. The number of carbonyl (C=O) groups is 3. The van der Waals surface area contributed by atoms with Crippen LogP contribution in [0.15, 0.2) is 41.5 Å². The summed E-state index contributed by atoms with van der Waals surface area (Å²) in [5, 5.41) is 34.1. The van der Waals surface area contributed by atoms with Crippen LogP contribution in [0, 0.1) is 22.7 Å². The van der Waals surface area contributed by atoms with Crippen molar-refractivity contribution in [2.45, 2.75) is 83.6 Å². The van der Waals surface area contributed by atoms with Gasteiger partial charge >= 0.3 is 11.9 Å². The number of esters is 2. The summed E-state index contributed by atoms with van der Waals surface area (Å²) in [6.07, 6.45) is -5.48. The normalized spacial score (nSPS) is 41.6. The van der Waals surface area contributed by atoms with Gasteiger partial charge < -0.3 is 29.5 Å². The molecular formula is C29H36O9. The number of benzene rings is 1.